The highest BCUT2D eigenvalue weighted by atomic mass is 16.5. The first-order valence-corrected chi connectivity index (χ1v) is 7.08. The van der Waals surface area contributed by atoms with Crippen molar-refractivity contribution in [1.82, 2.24) is 0 Å². The lowest BCUT2D eigenvalue weighted by molar-refractivity contribution is -0.137. The number of esters is 1. The summed E-state index contributed by atoms with van der Waals surface area (Å²) in [6.07, 6.45) is 5.46. The van der Waals surface area contributed by atoms with Crippen molar-refractivity contribution in [1.29, 1.82) is 0 Å². The van der Waals surface area contributed by atoms with Crippen molar-refractivity contribution in [2.45, 2.75) is 34.6 Å². The van der Waals surface area contributed by atoms with E-state index >= 15 is 0 Å². The maximum atomic E-state index is 11.4. The minimum atomic E-state index is -0.306. The van der Waals surface area contributed by atoms with Crippen LogP contribution in [-0.2, 0) is 9.53 Å². The molecule has 0 spiro atoms. The molecule has 0 saturated carbocycles. The van der Waals surface area contributed by atoms with Gasteiger partial charge in [0.25, 0.3) is 0 Å². The van der Waals surface area contributed by atoms with Crippen molar-refractivity contribution in [2.24, 2.45) is 0 Å². The van der Waals surface area contributed by atoms with Crippen LogP contribution < -0.4 is 4.74 Å². The van der Waals surface area contributed by atoms with Gasteiger partial charge in [-0.3, -0.25) is 0 Å². The molecule has 21 heavy (non-hydrogen) atoms. The minimum absolute atomic E-state index is 0.306. The van der Waals surface area contributed by atoms with Crippen LogP contribution in [0.15, 0.2) is 23.8 Å². The van der Waals surface area contributed by atoms with Gasteiger partial charge in [-0.2, -0.15) is 0 Å². The quantitative estimate of drug-likeness (QED) is 0.464. The predicted molar refractivity (Wildman–Crippen MR) is 86.6 cm³/mol. The van der Waals surface area contributed by atoms with Crippen LogP contribution in [0, 0.1) is 20.8 Å². The fraction of sp³-hybridized carbons (Fsp3) is 0.389. The lowest BCUT2D eigenvalue weighted by Gasteiger charge is -2.13. The molecule has 114 valence electrons. The van der Waals surface area contributed by atoms with Gasteiger partial charge in [0, 0.05) is 6.08 Å². The average Bonchev–Trinajstić information content (AvgIpc) is 2.42. The van der Waals surface area contributed by atoms with Gasteiger partial charge in [0.1, 0.15) is 5.75 Å². The maximum absolute atomic E-state index is 11.4. The summed E-state index contributed by atoms with van der Waals surface area (Å²) in [6, 6.07) is 2.03. The SMILES string of the molecule is CCOC(=O)/C=C(C)/C=C/c1c(C)cc(OC)c(C)c1C. The van der Waals surface area contributed by atoms with Crippen LogP contribution in [0.5, 0.6) is 5.75 Å². The van der Waals surface area contributed by atoms with Crippen LogP contribution >= 0.6 is 0 Å². The molecule has 0 radical (unpaired) electrons. The molecule has 0 fully saturated rings. The molecule has 0 N–H and O–H groups in total. The number of methoxy groups -OCH3 is 1. The van der Waals surface area contributed by atoms with Crippen molar-refractivity contribution < 1.29 is 14.3 Å². The van der Waals surface area contributed by atoms with Crippen molar-refractivity contribution in [3.63, 3.8) is 0 Å². The van der Waals surface area contributed by atoms with Gasteiger partial charge in [0.2, 0.25) is 0 Å². The van der Waals surface area contributed by atoms with Gasteiger partial charge in [-0.15, -0.1) is 0 Å². The zero-order chi connectivity index (χ0) is 16.0. The molecular weight excluding hydrogens is 264 g/mol. The normalized spacial score (nSPS) is 11.8. The first-order valence-electron chi connectivity index (χ1n) is 7.08. The second-order valence-corrected chi connectivity index (χ2v) is 5.03. The smallest absolute Gasteiger partial charge is 0.330 e. The lowest BCUT2D eigenvalue weighted by atomic mass is 9.96. The van der Waals surface area contributed by atoms with Gasteiger partial charge in [-0.25, -0.2) is 4.79 Å². The van der Waals surface area contributed by atoms with Crippen molar-refractivity contribution in [3.05, 3.63) is 46.0 Å². The largest absolute Gasteiger partial charge is 0.496 e. The van der Waals surface area contributed by atoms with E-state index in [2.05, 4.69) is 13.8 Å². The molecule has 0 saturated heterocycles. The summed E-state index contributed by atoms with van der Waals surface area (Å²) in [6.45, 7) is 10.3. The van der Waals surface area contributed by atoms with Gasteiger partial charge >= 0.3 is 5.97 Å². The number of allylic oxidation sites excluding steroid dienone is 2. The molecule has 0 heterocycles. The van der Waals surface area contributed by atoms with E-state index in [9.17, 15) is 4.79 Å². The van der Waals surface area contributed by atoms with Crippen LogP contribution in [0.2, 0.25) is 0 Å². The van der Waals surface area contributed by atoms with Gasteiger partial charge in [0.05, 0.1) is 13.7 Å². The summed E-state index contributed by atoms with van der Waals surface area (Å²) in [5, 5.41) is 0. The van der Waals surface area contributed by atoms with Crippen LogP contribution in [0.25, 0.3) is 6.08 Å². The Kier molecular flexibility index (Phi) is 6.22. The summed E-state index contributed by atoms with van der Waals surface area (Å²) >= 11 is 0. The molecule has 0 aliphatic rings. The number of hydrogen-bond acceptors (Lipinski definition) is 3. The fourth-order valence-electron chi connectivity index (χ4n) is 2.17. The highest BCUT2D eigenvalue weighted by Crippen LogP contribution is 2.28. The summed E-state index contributed by atoms with van der Waals surface area (Å²) in [4.78, 5) is 11.4. The van der Waals surface area contributed by atoms with Crippen LogP contribution in [0.3, 0.4) is 0 Å². The zero-order valence-electron chi connectivity index (χ0n) is 13.7. The zero-order valence-corrected chi connectivity index (χ0v) is 13.7. The third-order valence-electron chi connectivity index (χ3n) is 3.47. The minimum Gasteiger partial charge on any atom is -0.496 e. The Bertz CT molecular complexity index is 581. The van der Waals surface area contributed by atoms with Crippen molar-refractivity contribution in [3.8, 4) is 5.75 Å². The first-order chi connectivity index (χ1) is 9.90. The summed E-state index contributed by atoms with van der Waals surface area (Å²) in [7, 11) is 1.68. The Morgan fingerprint density at radius 2 is 1.90 bits per heavy atom. The number of aryl methyl sites for hydroxylation is 1. The van der Waals surface area contributed by atoms with E-state index in [1.165, 1.54) is 11.6 Å². The summed E-state index contributed by atoms with van der Waals surface area (Å²) in [5.41, 5.74) is 5.49. The molecule has 0 amide bonds. The number of carbonyl (C=O) groups is 1. The fourth-order valence-corrected chi connectivity index (χ4v) is 2.17. The van der Waals surface area contributed by atoms with E-state index in [0.29, 0.717) is 6.61 Å². The average molecular weight is 288 g/mol. The Hall–Kier alpha value is -2.03. The Balaban J connectivity index is 3.06. The lowest BCUT2D eigenvalue weighted by Crippen LogP contribution is -1.99. The molecule has 3 nitrogen and oxygen atoms in total. The van der Waals surface area contributed by atoms with E-state index < -0.39 is 0 Å². The molecule has 0 aliphatic carbocycles. The molecule has 0 atom stereocenters. The third kappa shape index (κ3) is 4.48. The Morgan fingerprint density at radius 3 is 2.48 bits per heavy atom. The highest BCUT2D eigenvalue weighted by molar-refractivity contribution is 5.83. The van der Waals surface area contributed by atoms with E-state index in [-0.39, 0.29) is 5.97 Å². The van der Waals surface area contributed by atoms with Crippen molar-refractivity contribution >= 4 is 12.0 Å². The molecular formula is C18H24O3. The molecule has 0 aromatic heterocycles. The highest BCUT2D eigenvalue weighted by Gasteiger charge is 2.08. The number of carbonyl (C=O) groups excluding carboxylic acids is 1. The molecule has 1 aromatic rings. The van der Waals surface area contributed by atoms with Crippen molar-refractivity contribution in [2.75, 3.05) is 13.7 Å². The summed E-state index contributed by atoms with van der Waals surface area (Å²) < 4.78 is 10.3. The van der Waals surface area contributed by atoms with Crippen LogP contribution in [-0.4, -0.2) is 19.7 Å². The number of benzene rings is 1. The number of rotatable bonds is 5. The monoisotopic (exact) mass is 288 g/mol. The molecule has 1 aromatic carbocycles. The van der Waals surface area contributed by atoms with Gasteiger partial charge in [-0.05, 0) is 68.5 Å². The second-order valence-electron chi connectivity index (χ2n) is 5.03. The molecule has 0 aliphatic heterocycles. The molecule has 0 unspecified atom stereocenters. The number of ether oxygens (including phenoxy) is 2. The van der Waals surface area contributed by atoms with Crippen LogP contribution in [0.4, 0.5) is 0 Å². The first kappa shape index (κ1) is 17.0. The maximum Gasteiger partial charge on any atom is 0.330 e. The Morgan fingerprint density at radius 1 is 1.24 bits per heavy atom. The van der Waals surface area contributed by atoms with E-state index in [0.717, 1.165) is 28.0 Å². The van der Waals surface area contributed by atoms with Gasteiger partial charge in [-0.1, -0.05) is 12.2 Å². The van der Waals surface area contributed by atoms with E-state index in [4.69, 9.17) is 9.47 Å². The van der Waals surface area contributed by atoms with E-state index in [1.54, 1.807) is 14.0 Å². The summed E-state index contributed by atoms with van der Waals surface area (Å²) in [5.74, 6) is 0.597. The van der Waals surface area contributed by atoms with Gasteiger partial charge in [0.15, 0.2) is 0 Å². The van der Waals surface area contributed by atoms with Gasteiger partial charge < -0.3 is 9.47 Å². The number of hydrogen-bond donors (Lipinski definition) is 0. The second kappa shape index (κ2) is 7.67. The van der Waals surface area contributed by atoms with E-state index in [1.807, 2.05) is 32.1 Å². The topological polar surface area (TPSA) is 35.5 Å². The Labute approximate surface area is 127 Å². The van der Waals surface area contributed by atoms with Crippen LogP contribution in [0.1, 0.15) is 36.1 Å². The predicted octanol–water partition coefficient (Wildman–Crippen LogP) is 4.14. The molecule has 3 heteroatoms. The standard InChI is InChI=1S/C18H24O3/c1-7-21-18(19)10-12(2)8-9-16-13(3)11-17(20-6)15(5)14(16)4/h8-11H,7H2,1-6H3/b9-8+,12-10+. The third-order valence-corrected chi connectivity index (χ3v) is 3.47. The molecule has 0 bridgehead atoms. The molecule has 1 rings (SSSR count).